The summed E-state index contributed by atoms with van der Waals surface area (Å²) in [6, 6.07) is 0. The summed E-state index contributed by atoms with van der Waals surface area (Å²) < 4.78 is 2.08. The molecule has 3 rings (SSSR count). The standard InChI is InChI=1S/2C8H13N.C7H12N2.3C2H6/c1-8(2,3)7-4-5-9-6-7;1-8(2,3)7-5-4-6-9-7;1-7(2,3)9-5-4-8-6-9;3*1-2/h5-6H,4H2,1-3H3;4,6H,5H2,1-3H3;4-6H,1-3H3;3*1-2H3. The molecule has 3 heterocycles. The van der Waals surface area contributed by atoms with Crippen LogP contribution in [0.15, 0.2) is 52.8 Å². The molecule has 1 aromatic rings. The highest BCUT2D eigenvalue weighted by Gasteiger charge is 2.18. The lowest BCUT2D eigenvalue weighted by Crippen LogP contribution is -2.19. The van der Waals surface area contributed by atoms with E-state index in [0.717, 1.165) is 12.8 Å². The average molecular weight is 461 g/mol. The summed E-state index contributed by atoms with van der Waals surface area (Å²) in [5, 5.41) is 0. The molecule has 0 saturated heterocycles. The molecule has 192 valence electrons. The molecule has 0 amide bonds. The van der Waals surface area contributed by atoms with Crippen molar-refractivity contribution in [3.8, 4) is 0 Å². The van der Waals surface area contributed by atoms with Gasteiger partial charge in [0.1, 0.15) is 0 Å². The minimum absolute atomic E-state index is 0.177. The van der Waals surface area contributed by atoms with E-state index < -0.39 is 0 Å². The van der Waals surface area contributed by atoms with Crippen LogP contribution in [0.3, 0.4) is 0 Å². The van der Waals surface area contributed by atoms with Crippen LogP contribution in [0.2, 0.25) is 0 Å². The Morgan fingerprint density at radius 3 is 1.48 bits per heavy atom. The van der Waals surface area contributed by atoms with Crippen molar-refractivity contribution in [1.82, 2.24) is 9.55 Å². The SMILES string of the molecule is CC.CC.CC.CC(C)(C)C1=CN=CC1.CC(C)(C)C1=NC=CC1.CC(C)(C)n1ccnc1. The van der Waals surface area contributed by atoms with Crippen molar-refractivity contribution < 1.29 is 0 Å². The number of imidazole rings is 1. The topological polar surface area (TPSA) is 42.5 Å². The number of hydrogen-bond donors (Lipinski definition) is 0. The average Bonchev–Trinajstić information content (AvgIpc) is 3.55. The Morgan fingerprint density at radius 2 is 1.30 bits per heavy atom. The van der Waals surface area contributed by atoms with Gasteiger partial charge < -0.3 is 4.57 Å². The van der Waals surface area contributed by atoms with Crippen LogP contribution in [-0.2, 0) is 5.54 Å². The van der Waals surface area contributed by atoms with E-state index in [-0.39, 0.29) is 11.0 Å². The molecule has 2 aliphatic heterocycles. The Labute approximate surface area is 207 Å². The largest absolute Gasteiger partial charge is 0.332 e. The van der Waals surface area contributed by atoms with Crippen LogP contribution in [0.4, 0.5) is 0 Å². The minimum Gasteiger partial charge on any atom is -0.332 e. The van der Waals surface area contributed by atoms with Gasteiger partial charge >= 0.3 is 0 Å². The number of rotatable bonds is 0. The van der Waals surface area contributed by atoms with E-state index in [1.54, 1.807) is 6.20 Å². The van der Waals surface area contributed by atoms with E-state index in [1.165, 1.54) is 11.3 Å². The highest BCUT2D eigenvalue weighted by Crippen LogP contribution is 2.29. The summed E-state index contributed by atoms with van der Waals surface area (Å²) in [7, 11) is 0. The first kappa shape index (κ1) is 35.6. The van der Waals surface area contributed by atoms with Gasteiger partial charge in [-0.1, -0.05) is 89.2 Å². The quantitative estimate of drug-likeness (QED) is 0.380. The van der Waals surface area contributed by atoms with Crippen LogP contribution < -0.4 is 0 Å². The van der Waals surface area contributed by atoms with Gasteiger partial charge in [-0.3, -0.25) is 9.98 Å². The fourth-order valence-corrected chi connectivity index (χ4v) is 2.36. The molecule has 0 bridgehead atoms. The molecule has 0 fully saturated rings. The second-order valence-corrected chi connectivity index (χ2v) is 10.00. The maximum atomic E-state index is 4.24. The van der Waals surface area contributed by atoms with Gasteiger partial charge in [-0.2, -0.15) is 0 Å². The lowest BCUT2D eigenvalue weighted by molar-refractivity contribution is 0.396. The number of nitrogens with zero attached hydrogens (tertiary/aromatic N) is 4. The van der Waals surface area contributed by atoms with Crippen molar-refractivity contribution in [2.75, 3.05) is 0 Å². The summed E-state index contributed by atoms with van der Waals surface area (Å²) in [5.41, 5.74) is 3.49. The Hall–Kier alpha value is -1.97. The van der Waals surface area contributed by atoms with Crippen molar-refractivity contribution in [2.45, 2.75) is 122 Å². The van der Waals surface area contributed by atoms with E-state index in [2.05, 4.69) is 87.9 Å². The van der Waals surface area contributed by atoms with Gasteiger partial charge in [-0.25, -0.2) is 4.98 Å². The zero-order valence-corrected chi connectivity index (χ0v) is 24.7. The van der Waals surface area contributed by atoms with Crippen molar-refractivity contribution in [3.63, 3.8) is 0 Å². The van der Waals surface area contributed by atoms with E-state index in [9.17, 15) is 0 Å². The van der Waals surface area contributed by atoms with Crippen LogP contribution in [0.25, 0.3) is 0 Å². The number of hydrogen-bond acceptors (Lipinski definition) is 3. The van der Waals surface area contributed by atoms with E-state index in [4.69, 9.17) is 0 Å². The van der Waals surface area contributed by atoms with Crippen molar-refractivity contribution in [3.05, 3.63) is 42.8 Å². The molecule has 0 radical (unpaired) electrons. The van der Waals surface area contributed by atoms with Crippen molar-refractivity contribution in [1.29, 1.82) is 0 Å². The molecule has 1 aromatic heterocycles. The second-order valence-electron chi connectivity index (χ2n) is 10.00. The Morgan fingerprint density at radius 1 is 0.758 bits per heavy atom. The summed E-state index contributed by atoms with van der Waals surface area (Å²) in [6.07, 6.45) is 15.6. The molecule has 0 spiro atoms. The van der Waals surface area contributed by atoms with Gasteiger partial charge in [0.25, 0.3) is 0 Å². The van der Waals surface area contributed by atoms with Crippen LogP contribution in [0.1, 0.15) is 117 Å². The maximum Gasteiger partial charge on any atom is 0.0950 e. The molecule has 4 nitrogen and oxygen atoms in total. The number of allylic oxidation sites excluding steroid dienone is 2. The summed E-state index contributed by atoms with van der Waals surface area (Å²) >= 11 is 0. The second kappa shape index (κ2) is 18.5. The third-order valence-corrected chi connectivity index (χ3v) is 4.40. The third kappa shape index (κ3) is 17.2. The molecule has 4 heteroatoms. The first-order valence-corrected chi connectivity index (χ1v) is 12.7. The lowest BCUT2D eigenvalue weighted by Gasteiger charge is -2.19. The highest BCUT2D eigenvalue weighted by atomic mass is 15.1. The predicted molar refractivity (Wildman–Crippen MR) is 153 cm³/mol. The molecule has 0 atom stereocenters. The highest BCUT2D eigenvalue weighted by molar-refractivity contribution is 5.92. The fraction of sp³-hybridized carbons (Fsp3) is 0.690. The first-order valence-electron chi connectivity index (χ1n) is 12.7. The van der Waals surface area contributed by atoms with Crippen molar-refractivity contribution >= 4 is 11.9 Å². The molecule has 33 heavy (non-hydrogen) atoms. The molecule has 0 N–H and O–H groups in total. The van der Waals surface area contributed by atoms with Gasteiger partial charge in [0, 0.05) is 60.5 Å². The maximum absolute atomic E-state index is 4.24. The van der Waals surface area contributed by atoms with Crippen LogP contribution in [0, 0.1) is 10.8 Å². The predicted octanol–water partition coefficient (Wildman–Crippen LogP) is 9.50. The summed E-state index contributed by atoms with van der Waals surface area (Å²) in [6.45, 7) is 31.7. The molecule has 0 aliphatic carbocycles. The summed E-state index contributed by atoms with van der Waals surface area (Å²) in [5.74, 6) is 0. The molecule has 0 saturated carbocycles. The van der Waals surface area contributed by atoms with E-state index >= 15 is 0 Å². The molecule has 2 aliphatic rings. The molecular formula is C29H56N4. The minimum atomic E-state index is 0.177. The van der Waals surface area contributed by atoms with Crippen molar-refractivity contribution in [2.24, 2.45) is 20.8 Å². The Bertz CT molecular complexity index is 643. The van der Waals surface area contributed by atoms with Crippen LogP contribution in [-0.4, -0.2) is 21.5 Å². The van der Waals surface area contributed by atoms with Crippen LogP contribution in [0.5, 0.6) is 0 Å². The van der Waals surface area contributed by atoms with Gasteiger partial charge in [0.05, 0.1) is 6.33 Å². The van der Waals surface area contributed by atoms with Gasteiger partial charge in [-0.05, 0) is 31.8 Å². The zero-order chi connectivity index (χ0) is 26.7. The smallest absolute Gasteiger partial charge is 0.0950 e. The lowest BCUT2D eigenvalue weighted by atomic mass is 9.86. The first-order chi connectivity index (χ1) is 15.3. The molecule has 0 unspecified atom stereocenters. The van der Waals surface area contributed by atoms with E-state index in [1.807, 2.05) is 72.7 Å². The van der Waals surface area contributed by atoms with Crippen LogP contribution >= 0.6 is 0 Å². The third-order valence-electron chi connectivity index (χ3n) is 4.40. The Balaban J connectivity index is -0.000000367. The van der Waals surface area contributed by atoms with Gasteiger partial charge in [-0.15, -0.1) is 0 Å². The Kier molecular flexibility index (Phi) is 19.9. The normalized spacial score (nSPS) is 13.8. The van der Waals surface area contributed by atoms with E-state index in [0.29, 0.717) is 5.41 Å². The fourth-order valence-electron chi connectivity index (χ4n) is 2.36. The number of aliphatic imine (C=N–C) groups is 2. The summed E-state index contributed by atoms with van der Waals surface area (Å²) in [4.78, 5) is 12.2. The molecular weight excluding hydrogens is 404 g/mol. The van der Waals surface area contributed by atoms with Gasteiger partial charge in [0.15, 0.2) is 0 Å². The zero-order valence-electron chi connectivity index (χ0n) is 24.7. The monoisotopic (exact) mass is 460 g/mol. The van der Waals surface area contributed by atoms with Gasteiger partial charge in [0.2, 0.25) is 0 Å². The number of aromatic nitrogens is 2. The molecule has 0 aromatic carbocycles.